The van der Waals surface area contributed by atoms with Crippen LogP contribution in [-0.4, -0.2) is 35.0 Å². The molecule has 0 aliphatic carbocycles. The van der Waals surface area contributed by atoms with E-state index in [1.54, 1.807) is 26.2 Å². The van der Waals surface area contributed by atoms with Crippen LogP contribution >= 0.6 is 34.4 Å². The number of nitrogens with zero attached hydrogens (tertiary/aromatic N) is 3. The molecule has 0 bridgehead atoms. The van der Waals surface area contributed by atoms with Crippen LogP contribution in [0.1, 0.15) is 11.1 Å². The highest BCUT2D eigenvalue weighted by Gasteiger charge is 2.29. The van der Waals surface area contributed by atoms with Crippen molar-refractivity contribution in [2.75, 3.05) is 14.1 Å². The van der Waals surface area contributed by atoms with Gasteiger partial charge in [0, 0.05) is 26.2 Å². The molecule has 0 radical (unpaired) electrons. The molecule has 7 nitrogen and oxygen atoms in total. The number of likely N-dealkylation sites (N-methyl/N-ethyl adjacent to an activating group) is 1. The number of nitro groups is 1. The van der Waals surface area contributed by atoms with Crippen molar-refractivity contribution >= 4 is 57.2 Å². The molecule has 144 valence electrons. The van der Waals surface area contributed by atoms with E-state index in [0.29, 0.717) is 22.4 Å². The van der Waals surface area contributed by atoms with Crippen LogP contribution in [-0.2, 0) is 11.4 Å². The summed E-state index contributed by atoms with van der Waals surface area (Å²) in [6.45, 7) is 0.309. The van der Waals surface area contributed by atoms with Crippen molar-refractivity contribution < 1.29 is 14.5 Å². The molecule has 0 atom stereocenters. The SMILES string of the molecule is CN=C1S/C(=C/c2ccc(OCc3ccc([N+](=O)[O-])cc3)c(I)c2)C(=O)N1C. The lowest BCUT2D eigenvalue weighted by Crippen LogP contribution is -2.23. The average molecular weight is 509 g/mol. The fraction of sp³-hybridized carbons (Fsp3) is 0.158. The fourth-order valence-electron chi connectivity index (χ4n) is 2.50. The minimum absolute atomic E-state index is 0.0528. The van der Waals surface area contributed by atoms with Crippen molar-refractivity contribution in [3.63, 3.8) is 0 Å². The lowest BCUT2D eigenvalue weighted by Gasteiger charge is -2.09. The molecular formula is C19H16IN3O4S. The molecule has 0 N–H and O–H groups in total. The largest absolute Gasteiger partial charge is 0.488 e. The summed E-state index contributed by atoms with van der Waals surface area (Å²) in [6, 6.07) is 11.9. The summed E-state index contributed by atoms with van der Waals surface area (Å²) in [7, 11) is 3.37. The molecule has 1 heterocycles. The number of hydrogen-bond donors (Lipinski definition) is 0. The number of rotatable bonds is 5. The molecule has 0 unspecified atom stereocenters. The molecule has 3 rings (SSSR count). The van der Waals surface area contributed by atoms with E-state index in [1.165, 1.54) is 28.8 Å². The lowest BCUT2D eigenvalue weighted by molar-refractivity contribution is -0.384. The van der Waals surface area contributed by atoms with Gasteiger partial charge in [-0.25, -0.2) is 0 Å². The first-order valence-electron chi connectivity index (χ1n) is 8.19. The summed E-state index contributed by atoms with van der Waals surface area (Å²) in [6.07, 6.45) is 1.84. The Labute approximate surface area is 179 Å². The normalized spacial score (nSPS) is 16.8. The Morgan fingerprint density at radius 3 is 2.57 bits per heavy atom. The predicted octanol–water partition coefficient (Wildman–Crippen LogP) is 4.31. The fourth-order valence-corrected chi connectivity index (χ4v) is 4.12. The van der Waals surface area contributed by atoms with Crippen LogP contribution in [0.3, 0.4) is 0 Å². The zero-order chi connectivity index (χ0) is 20.3. The topological polar surface area (TPSA) is 85.0 Å². The maximum absolute atomic E-state index is 12.2. The number of non-ortho nitro benzene ring substituents is 1. The number of carbonyl (C=O) groups excluding carboxylic acids is 1. The van der Waals surface area contributed by atoms with Gasteiger partial charge >= 0.3 is 0 Å². The zero-order valence-corrected chi connectivity index (χ0v) is 18.1. The van der Waals surface area contributed by atoms with Gasteiger partial charge in [-0.2, -0.15) is 0 Å². The van der Waals surface area contributed by atoms with E-state index >= 15 is 0 Å². The summed E-state index contributed by atoms with van der Waals surface area (Å²) >= 11 is 3.53. The first-order valence-corrected chi connectivity index (χ1v) is 10.1. The van der Waals surface area contributed by atoms with Crippen molar-refractivity contribution in [3.05, 3.63) is 72.2 Å². The first kappa shape index (κ1) is 20.3. The maximum Gasteiger partial charge on any atom is 0.269 e. The molecule has 2 aromatic carbocycles. The molecule has 0 saturated carbocycles. The number of benzene rings is 2. The van der Waals surface area contributed by atoms with Gasteiger partial charge in [-0.15, -0.1) is 0 Å². The number of halogens is 1. The number of nitro benzene ring substituents is 1. The van der Waals surface area contributed by atoms with Gasteiger partial charge < -0.3 is 4.74 Å². The van der Waals surface area contributed by atoms with Crippen molar-refractivity contribution in [1.82, 2.24) is 4.90 Å². The summed E-state index contributed by atoms with van der Waals surface area (Å²) in [4.78, 5) is 28.8. The zero-order valence-electron chi connectivity index (χ0n) is 15.1. The number of amidine groups is 1. The van der Waals surface area contributed by atoms with Crippen LogP contribution < -0.4 is 4.74 Å². The minimum atomic E-state index is -0.429. The number of aliphatic imine (C=N–C) groups is 1. The van der Waals surface area contributed by atoms with Gasteiger partial charge in [0.1, 0.15) is 12.4 Å². The van der Waals surface area contributed by atoms with Gasteiger partial charge in [-0.1, -0.05) is 6.07 Å². The Bertz CT molecular complexity index is 989. The highest BCUT2D eigenvalue weighted by Crippen LogP contribution is 2.32. The van der Waals surface area contributed by atoms with E-state index < -0.39 is 4.92 Å². The third kappa shape index (κ3) is 4.53. The van der Waals surface area contributed by atoms with Crippen molar-refractivity contribution in [1.29, 1.82) is 0 Å². The highest BCUT2D eigenvalue weighted by atomic mass is 127. The molecule has 0 spiro atoms. The third-order valence-corrected chi connectivity index (χ3v) is 5.98. The van der Waals surface area contributed by atoms with Gasteiger partial charge in [0.05, 0.1) is 13.4 Å². The van der Waals surface area contributed by atoms with Crippen LogP contribution in [0, 0.1) is 13.7 Å². The maximum atomic E-state index is 12.2. The third-order valence-electron chi connectivity index (χ3n) is 3.99. The lowest BCUT2D eigenvalue weighted by atomic mass is 10.2. The molecule has 1 aliphatic heterocycles. The van der Waals surface area contributed by atoms with E-state index in [-0.39, 0.29) is 11.6 Å². The van der Waals surface area contributed by atoms with Gasteiger partial charge in [-0.05, 0) is 75.8 Å². The first-order chi connectivity index (χ1) is 13.4. The van der Waals surface area contributed by atoms with Gasteiger partial charge in [0.15, 0.2) is 5.17 Å². The van der Waals surface area contributed by atoms with Crippen LogP contribution in [0.4, 0.5) is 5.69 Å². The van der Waals surface area contributed by atoms with E-state index in [1.807, 2.05) is 24.3 Å². The predicted molar refractivity (Wildman–Crippen MR) is 118 cm³/mol. The standard InChI is InChI=1S/C19H16IN3O4S/c1-21-19-22(2)18(24)17(28-19)10-13-5-8-16(15(20)9-13)27-11-12-3-6-14(7-4-12)23(25)26/h3-10H,11H2,1-2H3/b17-10+,21-19?. The number of carbonyl (C=O) groups is 1. The Balaban J connectivity index is 1.70. The van der Waals surface area contributed by atoms with Crippen LogP contribution in [0.25, 0.3) is 6.08 Å². The highest BCUT2D eigenvalue weighted by molar-refractivity contribution is 14.1. The number of thioether (sulfide) groups is 1. The number of hydrogen-bond acceptors (Lipinski definition) is 6. The van der Waals surface area contributed by atoms with E-state index in [0.717, 1.165) is 14.7 Å². The van der Waals surface area contributed by atoms with Crippen LogP contribution in [0.2, 0.25) is 0 Å². The second-order valence-electron chi connectivity index (χ2n) is 5.88. The minimum Gasteiger partial charge on any atom is -0.488 e. The monoisotopic (exact) mass is 509 g/mol. The van der Waals surface area contributed by atoms with E-state index in [4.69, 9.17) is 4.74 Å². The average Bonchev–Trinajstić information content (AvgIpc) is 2.95. The summed E-state index contributed by atoms with van der Waals surface area (Å²) < 4.78 is 6.73. The van der Waals surface area contributed by atoms with Gasteiger partial charge in [0.2, 0.25) is 0 Å². The molecular weight excluding hydrogens is 493 g/mol. The van der Waals surface area contributed by atoms with Gasteiger partial charge in [-0.3, -0.25) is 24.8 Å². The molecule has 1 aliphatic rings. The summed E-state index contributed by atoms with van der Waals surface area (Å²) in [5.41, 5.74) is 1.79. The molecule has 1 amide bonds. The Morgan fingerprint density at radius 1 is 1.29 bits per heavy atom. The molecule has 0 aromatic heterocycles. The van der Waals surface area contributed by atoms with Crippen LogP contribution in [0.5, 0.6) is 5.75 Å². The smallest absolute Gasteiger partial charge is 0.269 e. The molecule has 1 saturated heterocycles. The second kappa shape index (κ2) is 8.74. The Kier molecular flexibility index (Phi) is 6.35. The molecule has 9 heteroatoms. The number of ether oxygens (including phenoxy) is 1. The summed E-state index contributed by atoms with van der Waals surface area (Å²) in [5.74, 6) is 0.638. The van der Waals surface area contributed by atoms with E-state index in [2.05, 4.69) is 27.6 Å². The van der Waals surface area contributed by atoms with Crippen LogP contribution in [0.15, 0.2) is 52.4 Å². The number of amides is 1. The second-order valence-corrected chi connectivity index (χ2v) is 8.05. The molecule has 28 heavy (non-hydrogen) atoms. The summed E-state index contributed by atoms with van der Waals surface area (Å²) in [5, 5.41) is 11.4. The van der Waals surface area contributed by atoms with Gasteiger partial charge in [0.25, 0.3) is 11.6 Å². The van der Waals surface area contributed by atoms with E-state index in [9.17, 15) is 14.9 Å². The Hall–Kier alpha value is -2.40. The van der Waals surface area contributed by atoms with Crippen molar-refractivity contribution in [2.45, 2.75) is 6.61 Å². The molecule has 1 fully saturated rings. The molecule has 2 aromatic rings. The quantitative estimate of drug-likeness (QED) is 0.260. The Morgan fingerprint density at radius 2 is 2.00 bits per heavy atom. The van der Waals surface area contributed by atoms with Crippen molar-refractivity contribution in [3.8, 4) is 5.75 Å². The van der Waals surface area contributed by atoms with Crippen molar-refractivity contribution in [2.24, 2.45) is 4.99 Å².